The third-order valence-corrected chi connectivity index (χ3v) is 9.15. The summed E-state index contributed by atoms with van der Waals surface area (Å²) in [6.07, 6.45) is 0. The molecule has 274 valence electrons. The lowest BCUT2D eigenvalue weighted by atomic mass is 9.85. The van der Waals surface area contributed by atoms with Crippen LogP contribution in [0.1, 0.15) is 84.5 Å². The standard InChI is InChI=1S/C42H40N6O6/c1-41(2,3)29-19-27(37(49)35(21-29)47-43-31-11-7-8-12-32(31)44-47)23-53-39(51)25-15-17-26(18-16-25)40(52)54-24-28-20-30(42(4,5)6)22-36(38(28)50)48-45-33-13-9-10-14-34(33)46-48/h7-22,49-50H,23-24H2,1-6H3. The lowest BCUT2D eigenvalue weighted by Crippen LogP contribution is -2.14. The molecular formula is C42H40N6O6. The smallest absolute Gasteiger partial charge is 0.338 e. The number of carbonyl (C=O) groups excluding carboxylic acids is 2. The predicted octanol–water partition coefficient (Wildman–Crippen LogP) is 7.87. The Hall–Kier alpha value is -6.56. The maximum Gasteiger partial charge on any atom is 0.338 e. The third-order valence-electron chi connectivity index (χ3n) is 9.15. The molecule has 2 heterocycles. The van der Waals surface area contributed by atoms with E-state index in [1.54, 1.807) is 12.1 Å². The van der Waals surface area contributed by atoms with Crippen molar-refractivity contribution in [3.63, 3.8) is 0 Å². The van der Waals surface area contributed by atoms with Gasteiger partial charge < -0.3 is 19.7 Å². The van der Waals surface area contributed by atoms with Gasteiger partial charge in [0, 0.05) is 11.1 Å². The second kappa shape index (κ2) is 13.8. The molecule has 0 bridgehead atoms. The summed E-state index contributed by atoms with van der Waals surface area (Å²) < 4.78 is 11.3. The van der Waals surface area contributed by atoms with Crippen LogP contribution in [0.2, 0.25) is 0 Å². The minimum Gasteiger partial charge on any atom is -0.505 e. The van der Waals surface area contributed by atoms with Gasteiger partial charge in [0.2, 0.25) is 0 Å². The maximum absolute atomic E-state index is 13.1. The van der Waals surface area contributed by atoms with E-state index in [9.17, 15) is 19.8 Å². The Kier molecular flexibility index (Phi) is 9.14. The van der Waals surface area contributed by atoms with Crippen LogP contribution in [0, 0.1) is 0 Å². The predicted molar refractivity (Wildman–Crippen MR) is 203 cm³/mol. The number of rotatable bonds is 8. The van der Waals surface area contributed by atoms with E-state index in [4.69, 9.17) is 9.47 Å². The largest absolute Gasteiger partial charge is 0.505 e. The van der Waals surface area contributed by atoms with Crippen LogP contribution in [-0.2, 0) is 33.5 Å². The van der Waals surface area contributed by atoms with E-state index >= 15 is 0 Å². The zero-order valence-corrected chi connectivity index (χ0v) is 30.9. The van der Waals surface area contributed by atoms with Crippen LogP contribution >= 0.6 is 0 Å². The summed E-state index contributed by atoms with van der Waals surface area (Å²) in [4.78, 5) is 29.1. The van der Waals surface area contributed by atoms with Crippen molar-refractivity contribution in [3.8, 4) is 22.9 Å². The summed E-state index contributed by atoms with van der Waals surface area (Å²) in [5.41, 5.74) is 5.86. The molecule has 0 saturated heterocycles. The summed E-state index contributed by atoms with van der Waals surface area (Å²) in [6.45, 7) is 11.8. The Morgan fingerprint density at radius 1 is 0.537 bits per heavy atom. The molecule has 7 aromatic rings. The van der Waals surface area contributed by atoms with Crippen LogP contribution in [0.5, 0.6) is 11.5 Å². The highest BCUT2D eigenvalue weighted by atomic mass is 16.5. The van der Waals surface area contributed by atoms with Crippen molar-refractivity contribution in [3.05, 3.63) is 130 Å². The van der Waals surface area contributed by atoms with Crippen molar-refractivity contribution in [2.24, 2.45) is 0 Å². The molecule has 12 heteroatoms. The Bertz CT molecular complexity index is 2300. The number of aromatic nitrogens is 6. The van der Waals surface area contributed by atoms with Crippen molar-refractivity contribution in [2.45, 2.75) is 65.6 Å². The second-order valence-corrected chi connectivity index (χ2v) is 15.2. The highest BCUT2D eigenvalue weighted by Crippen LogP contribution is 2.35. The van der Waals surface area contributed by atoms with Gasteiger partial charge in [0.15, 0.2) is 0 Å². The topological polar surface area (TPSA) is 154 Å². The number of benzene rings is 5. The fraction of sp³-hybridized carbons (Fsp3) is 0.238. The number of hydrogen-bond donors (Lipinski definition) is 2. The van der Waals surface area contributed by atoms with Gasteiger partial charge in [-0.1, -0.05) is 65.8 Å². The molecule has 54 heavy (non-hydrogen) atoms. The quantitative estimate of drug-likeness (QED) is 0.148. The number of nitrogens with zero attached hydrogens (tertiary/aromatic N) is 6. The monoisotopic (exact) mass is 724 g/mol. The van der Waals surface area contributed by atoms with Crippen molar-refractivity contribution < 1.29 is 29.3 Å². The van der Waals surface area contributed by atoms with Crippen LogP contribution in [0.4, 0.5) is 0 Å². The van der Waals surface area contributed by atoms with Crippen LogP contribution < -0.4 is 0 Å². The average Bonchev–Trinajstić information content (AvgIpc) is 3.77. The van der Waals surface area contributed by atoms with E-state index in [0.29, 0.717) is 44.6 Å². The maximum atomic E-state index is 13.1. The Morgan fingerprint density at radius 2 is 0.852 bits per heavy atom. The normalized spacial score (nSPS) is 12.0. The number of fused-ring (bicyclic) bond motifs is 2. The summed E-state index contributed by atoms with van der Waals surface area (Å²) in [6, 6.07) is 28.0. The number of esters is 2. The number of carbonyl (C=O) groups is 2. The molecule has 2 aromatic heterocycles. The van der Waals surface area contributed by atoms with Gasteiger partial charge in [-0.3, -0.25) is 0 Å². The van der Waals surface area contributed by atoms with E-state index in [2.05, 4.69) is 20.4 Å². The van der Waals surface area contributed by atoms with Crippen LogP contribution in [0.15, 0.2) is 97.1 Å². The summed E-state index contributed by atoms with van der Waals surface area (Å²) in [7, 11) is 0. The van der Waals surface area contributed by atoms with E-state index in [1.165, 1.54) is 33.9 Å². The fourth-order valence-corrected chi connectivity index (χ4v) is 5.88. The van der Waals surface area contributed by atoms with Crippen LogP contribution in [-0.4, -0.2) is 52.1 Å². The first-order chi connectivity index (χ1) is 25.7. The van der Waals surface area contributed by atoms with Gasteiger partial charge in [0.25, 0.3) is 0 Å². The molecule has 0 aliphatic carbocycles. The molecule has 2 N–H and O–H groups in total. The van der Waals surface area contributed by atoms with Gasteiger partial charge in [0.1, 0.15) is 58.2 Å². The molecule has 0 aliphatic heterocycles. The third kappa shape index (κ3) is 7.23. The number of phenolic OH excluding ortho intramolecular Hbond substituents is 2. The van der Waals surface area contributed by atoms with Gasteiger partial charge in [-0.2, -0.15) is 0 Å². The fourth-order valence-electron chi connectivity index (χ4n) is 5.88. The Morgan fingerprint density at radius 3 is 1.15 bits per heavy atom. The van der Waals surface area contributed by atoms with Crippen molar-refractivity contribution in [1.29, 1.82) is 0 Å². The molecule has 0 amide bonds. The molecule has 0 fully saturated rings. The molecule has 0 spiro atoms. The van der Waals surface area contributed by atoms with Crippen molar-refractivity contribution >= 4 is 34.0 Å². The van der Waals surface area contributed by atoms with Gasteiger partial charge in [-0.15, -0.1) is 30.0 Å². The second-order valence-electron chi connectivity index (χ2n) is 15.2. The number of ether oxygens (including phenoxy) is 2. The van der Waals surface area contributed by atoms with Crippen LogP contribution in [0.3, 0.4) is 0 Å². The Labute approximate surface area is 311 Å². The highest BCUT2D eigenvalue weighted by molar-refractivity contribution is 5.93. The first-order valence-corrected chi connectivity index (χ1v) is 17.5. The summed E-state index contributed by atoms with van der Waals surface area (Å²) >= 11 is 0. The average molecular weight is 725 g/mol. The molecule has 12 nitrogen and oxygen atoms in total. The van der Waals surface area contributed by atoms with Gasteiger partial charge in [-0.25, -0.2) is 9.59 Å². The summed E-state index contributed by atoms with van der Waals surface area (Å²) in [5.74, 6) is -1.49. The minimum absolute atomic E-state index is 0.102. The lowest BCUT2D eigenvalue weighted by Gasteiger charge is -2.22. The molecule has 7 rings (SSSR count). The molecular weight excluding hydrogens is 684 g/mol. The highest BCUT2D eigenvalue weighted by Gasteiger charge is 2.24. The minimum atomic E-state index is -0.642. The van der Waals surface area contributed by atoms with Crippen molar-refractivity contribution in [1.82, 2.24) is 30.0 Å². The molecule has 0 unspecified atom stereocenters. The molecule has 5 aromatic carbocycles. The number of hydrogen-bond acceptors (Lipinski definition) is 10. The van der Waals surface area contributed by atoms with Gasteiger partial charge >= 0.3 is 11.9 Å². The summed E-state index contributed by atoms with van der Waals surface area (Å²) in [5, 5.41) is 40.7. The number of aromatic hydroxyl groups is 2. The lowest BCUT2D eigenvalue weighted by molar-refractivity contribution is 0.0456. The van der Waals surface area contributed by atoms with Crippen LogP contribution in [0.25, 0.3) is 33.4 Å². The van der Waals surface area contributed by atoms with Gasteiger partial charge in [0.05, 0.1) is 11.1 Å². The molecule has 0 aliphatic rings. The first-order valence-electron chi connectivity index (χ1n) is 17.5. The zero-order chi connectivity index (χ0) is 38.4. The zero-order valence-electron chi connectivity index (χ0n) is 30.9. The SMILES string of the molecule is CC(C)(C)c1cc(COC(=O)c2ccc(C(=O)OCc3cc(C(C)(C)C)cc(-n4nc5ccccc5n4)c3O)cc2)c(O)c(-n2nc3ccccc3n2)c1. The molecule has 0 radical (unpaired) electrons. The van der Waals surface area contributed by atoms with Gasteiger partial charge in [-0.05, 0) is 94.8 Å². The molecule has 0 saturated carbocycles. The molecule has 0 atom stereocenters. The first kappa shape index (κ1) is 35.8. The number of phenols is 2. The Balaban J connectivity index is 1.05. The van der Waals surface area contributed by atoms with Crippen molar-refractivity contribution in [2.75, 3.05) is 0 Å². The van der Waals surface area contributed by atoms with E-state index in [0.717, 1.165) is 11.1 Å². The van der Waals surface area contributed by atoms with E-state index in [-0.39, 0.29) is 46.7 Å². The van der Waals surface area contributed by atoms with E-state index < -0.39 is 11.9 Å². The van der Waals surface area contributed by atoms with E-state index in [1.807, 2.05) is 102 Å².